The minimum Gasteiger partial charge on any atom is -0.309 e. The Balaban J connectivity index is 2.37. The summed E-state index contributed by atoms with van der Waals surface area (Å²) in [5.41, 5.74) is 0.941. The second-order valence-electron chi connectivity index (χ2n) is 5.20. The predicted molar refractivity (Wildman–Crippen MR) is 72.6 cm³/mol. The molecular weight excluding hydrogens is 232 g/mol. The molecule has 0 saturated carbocycles. The van der Waals surface area contributed by atoms with Gasteiger partial charge >= 0.3 is 0 Å². The van der Waals surface area contributed by atoms with Crippen molar-refractivity contribution in [1.82, 2.24) is 5.32 Å². The maximum absolute atomic E-state index is 12.6. The van der Waals surface area contributed by atoms with E-state index in [0.717, 1.165) is 24.9 Å². The zero-order chi connectivity index (χ0) is 12.5. The maximum Gasteiger partial charge on any atom is 0.244 e. The first-order valence-electron chi connectivity index (χ1n) is 6.10. The molecule has 1 fully saturated rings. The fraction of sp³-hybridized carbons (Fsp3) is 0.615. The topological polar surface area (TPSA) is 32.3 Å². The molecule has 0 bridgehead atoms. The fourth-order valence-electron chi connectivity index (χ4n) is 2.56. The molecule has 2 rings (SSSR count). The van der Waals surface area contributed by atoms with Gasteiger partial charge in [0.25, 0.3) is 0 Å². The third kappa shape index (κ3) is 2.38. The van der Waals surface area contributed by atoms with Crippen LogP contribution in [0.25, 0.3) is 0 Å². The van der Waals surface area contributed by atoms with Gasteiger partial charge < -0.3 is 10.2 Å². The summed E-state index contributed by atoms with van der Waals surface area (Å²) in [6, 6.07) is 1.99. The molecule has 3 nitrogen and oxygen atoms in total. The third-order valence-electron chi connectivity index (χ3n) is 3.52. The number of hydrogen-bond acceptors (Lipinski definition) is 3. The van der Waals surface area contributed by atoms with E-state index < -0.39 is 0 Å². The van der Waals surface area contributed by atoms with Gasteiger partial charge in [-0.1, -0.05) is 0 Å². The summed E-state index contributed by atoms with van der Waals surface area (Å²) < 4.78 is 0. The van der Waals surface area contributed by atoms with Crippen molar-refractivity contribution in [3.8, 4) is 0 Å². The van der Waals surface area contributed by atoms with E-state index in [2.05, 4.69) is 24.5 Å². The zero-order valence-corrected chi connectivity index (χ0v) is 11.5. The number of anilines is 1. The van der Waals surface area contributed by atoms with Gasteiger partial charge in [-0.25, -0.2) is 0 Å². The van der Waals surface area contributed by atoms with E-state index in [4.69, 9.17) is 0 Å². The molecule has 4 heteroatoms. The molecule has 1 aliphatic heterocycles. The van der Waals surface area contributed by atoms with Crippen molar-refractivity contribution in [1.29, 1.82) is 0 Å². The summed E-state index contributed by atoms with van der Waals surface area (Å²) in [5, 5.41) is 7.21. The van der Waals surface area contributed by atoms with Crippen molar-refractivity contribution in [3.63, 3.8) is 0 Å². The van der Waals surface area contributed by atoms with Crippen molar-refractivity contribution < 1.29 is 4.79 Å². The van der Waals surface area contributed by atoms with Gasteiger partial charge in [-0.2, -0.15) is 11.3 Å². The number of amides is 1. The third-order valence-corrected chi connectivity index (χ3v) is 4.19. The molecule has 17 heavy (non-hydrogen) atoms. The van der Waals surface area contributed by atoms with Crippen LogP contribution in [0.3, 0.4) is 0 Å². The summed E-state index contributed by atoms with van der Waals surface area (Å²) in [4.78, 5) is 14.5. The quantitative estimate of drug-likeness (QED) is 0.877. The van der Waals surface area contributed by atoms with Gasteiger partial charge in [-0.05, 0) is 51.6 Å². The summed E-state index contributed by atoms with van der Waals surface area (Å²) in [6.07, 6.45) is 3.07. The van der Waals surface area contributed by atoms with Crippen LogP contribution in [-0.4, -0.2) is 24.5 Å². The molecule has 1 atom stereocenters. The monoisotopic (exact) mass is 252 g/mol. The molecule has 94 valence electrons. The largest absolute Gasteiger partial charge is 0.309 e. The van der Waals surface area contributed by atoms with E-state index in [1.807, 2.05) is 23.4 Å². The number of thiophene rings is 1. The van der Waals surface area contributed by atoms with Crippen molar-refractivity contribution in [2.75, 3.05) is 11.9 Å². The molecule has 1 amide bonds. The molecule has 1 N–H and O–H groups in total. The molecule has 1 saturated heterocycles. The van der Waals surface area contributed by atoms with Gasteiger partial charge in [-0.15, -0.1) is 0 Å². The van der Waals surface area contributed by atoms with Gasteiger partial charge in [0.15, 0.2) is 0 Å². The number of nitrogens with zero attached hydrogens (tertiary/aromatic N) is 1. The summed E-state index contributed by atoms with van der Waals surface area (Å²) in [5.74, 6) is 0.202. The lowest BCUT2D eigenvalue weighted by Gasteiger charge is -2.37. The van der Waals surface area contributed by atoms with E-state index in [9.17, 15) is 4.79 Å². The Labute approximate surface area is 107 Å². The average Bonchev–Trinajstić information content (AvgIpc) is 2.73. The molecule has 2 heterocycles. The molecule has 1 unspecified atom stereocenters. The first-order valence-corrected chi connectivity index (χ1v) is 7.04. The number of carbonyl (C=O) groups excluding carboxylic acids is 1. The van der Waals surface area contributed by atoms with Crippen molar-refractivity contribution in [2.45, 2.75) is 44.7 Å². The van der Waals surface area contributed by atoms with E-state index in [-0.39, 0.29) is 17.5 Å². The molecular formula is C13H20N2OS. The zero-order valence-electron chi connectivity index (χ0n) is 10.7. The first-order chi connectivity index (χ1) is 8.06. The predicted octanol–water partition coefficient (Wildman–Crippen LogP) is 2.63. The van der Waals surface area contributed by atoms with Crippen molar-refractivity contribution >= 4 is 22.9 Å². The summed E-state index contributed by atoms with van der Waals surface area (Å²) >= 11 is 1.64. The molecule has 1 aliphatic rings. The van der Waals surface area contributed by atoms with Crippen LogP contribution in [0.15, 0.2) is 16.8 Å². The highest BCUT2D eigenvalue weighted by molar-refractivity contribution is 7.08. The van der Waals surface area contributed by atoms with E-state index in [1.54, 1.807) is 11.3 Å². The Morgan fingerprint density at radius 2 is 2.29 bits per heavy atom. The van der Waals surface area contributed by atoms with Crippen LogP contribution >= 0.6 is 11.3 Å². The van der Waals surface area contributed by atoms with E-state index in [1.165, 1.54) is 0 Å². The SMILES string of the molecule is CNC1CCCC(C)(C)N(c2ccsc2)C1=O. The Hall–Kier alpha value is -0.870. The van der Waals surface area contributed by atoms with E-state index >= 15 is 0 Å². The summed E-state index contributed by atoms with van der Waals surface area (Å²) in [6.45, 7) is 4.31. The number of carbonyl (C=O) groups is 1. The maximum atomic E-state index is 12.6. The van der Waals surface area contributed by atoms with Crippen LogP contribution < -0.4 is 10.2 Å². The van der Waals surface area contributed by atoms with Crippen LogP contribution in [-0.2, 0) is 4.79 Å². The summed E-state index contributed by atoms with van der Waals surface area (Å²) in [7, 11) is 1.87. The molecule has 0 spiro atoms. The van der Waals surface area contributed by atoms with Crippen LogP contribution in [0.4, 0.5) is 5.69 Å². The number of rotatable bonds is 2. The van der Waals surface area contributed by atoms with Crippen LogP contribution in [0.1, 0.15) is 33.1 Å². The van der Waals surface area contributed by atoms with Gasteiger partial charge in [0.2, 0.25) is 5.91 Å². The lowest BCUT2D eigenvalue weighted by molar-refractivity contribution is -0.121. The first kappa shape index (κ1) is 12.6. The average molecular weight is 252 g/mol. The number of hydrogen-bond donors (Lipinski definition) is 1. The lowest BCUT2D eigenvalue weighted by atomic mass is 9.96. The van der Waals surface area contributed by atoms with Gasteiger partial charge in [-0.3, -0.25) is 4.79 Å². The van der Waals surface area contributed by atoms with Gasteiger partial charge in [0.05, 0.1) is 11.7 Å². The second-order valence-corrected chi connectivity index (χ2v) is 5.98. The highest BCUT2D eigenvalue weighted by Crippen LogP contribution is 2.33. The fourth-order valence-corrected chi connectivity index (χ4v) is 3.18. The standard InChI is InChI=1S/C13H20N2OS/c1-13(2)7-4-5-11(14-3)12(16)15(13)10-6-8-17-9-10/h6,8-9,11,14H,4-5,7H2,1-3H3. The lowest BCUT2D eigenvalue weighted by Crippen LogP contribution is -2.52. The highest BCUT2D eigenvalue weighted by atomic mass is 32.1. The van der Waals surface area contributed by atoms with Crippen LogP contribution in [0.2, 0.25) is 0 Å². The van der Waals surface area contributed by atoms with Crippen LogP contribution in [0.5, 0.6) is 0 Å². The van der Waals surface area contributed by atoms with Crippen molar-refractivity contribution in [3.05, 3.63) is 16.8 Å². The molecule has 0 radical (unpaired) electrons. The van der Waals surface area contributed by atoms with Gasteiger partial charge in [0, 0.05) is 10.9 Å². The Kier molecular flexibility index (Phi) is 3.54. The number of likely N-dealkylation sites (N-methyl/N-ethyl adjacent to an activating group) is 1. The Morgan fingerprint density at radius 3 is 2.88 bits per heavy atom. The van der Waals surface area contributed by atoms with Crippen LogP contribution in [0, 0.1) is 0 Å². The molecule has 1 aromatic heterocycles. The molecule has 1 aromatic rings. The van der Waals surface area contributed by atoms with E-state index in [0.29, 0.717) is 0 Å². The van der Waals surface area contributed by atoms with Crippen molar-refractivity contribution in [2.24, 2.45) is 0 Å². The molecule has 0 aromatic carbocycles. The van der Waals surface area contributed by atoms with Gasteiger partial charge in [0.1, 0.15) is 0 Å². The second kappa shape index (κ2) is 4.78. The smallest absolute Gasteiger partial charge is 0.244 e. The minimum absolute atomic E-state index is 0.0447. The highest BCUT2D eigenvalue weighted by Gasteiger charge is 2.38. The minimum atomic E-state index is -0.0935. The number of nitrogens with one attached hydrogen (secondary N) is 1. The molecule has 0 aliphatic carbocycles. The Morgan fingerprint density at radius 1 is 1.53 bits per heavy atom. The normalized spacial score (nSPS) is 24.8. The Bertz CT molecular complexity index is 386.